The van der Waals surface area contributed by atoms with Gasteiger partial charge in [0.2, 0.25) is 0 Å². The van der Waals surface area contributed by atoms with Gasteiger partial charge in [0.1, 0.15) is 17.6 Å². The molecule has 2 aromatic heterocycles. The van der Waals surface area contributed by atoms with Crippen LogP contribution in [0.5, 0.6) is 5.75 Å². The van der Waals surface area contributed by atoms with Crippen molar-refractivity contribution < 1.29 is 19.4 Å². The molecule has 0 saturated carbocycles. The third-order valence-electron chi connectivity index (χ3n) is 3.56. The fourth-order valence-corrected chi connectivity index (χ4v) is 2.10. The predicted octanol–water partition coefficient (Wildman–Crippen LogP) is 1.55. The number of benzene rings is 1. The van der Waals surface area contributed by atoms with Gasteiger partial charge in [0.15, 0.2) is 17.6 Å². The quantitative estimate of drug-likeness (QED) is 0.614. The Morgan fingerprint density at radius 1 is 1.28 bits per heavy atom. The first-order valence-electron chi connectivity index (χ1n) is 7.41. The molecule has 0 bridgehead atoms. The lowest BCUT2D eigenvalue weighted by atomic mass is 10.1. The number of anilines is 1. The number of aromatic amines is 1. The number of phenols is 1. The Balaban J connectivity index is 1.69. The number of nitrogens with one attached hydrogen (secondary N) is 2. The van der Waals surface area contributed by atoms with Crippen molar-refractivity contribution >= 4 is 28.9 Å². The lowest BCUT2D eigenvalue weighted by Crippen LogP contribution is -2.30. The fourth-order valence-electron chi connectivity index (χ4n) is 2.10. The van der Waals surface area contributed by atoms with Crippen LogP contribution in [0.4, 0.5) is 5.82 Å². The van der Waals surface area contributed by atoms with E-state index in [0.717, 1.165) is 0 Å². The maximum atomic E-state index is 12.2. The number of rotatable bonds is 4. The Bertz CT molecular complexity index is 953. The molecule has 9 heteroatoms. The third kappa shape index (κ3) is 3.39. The summed E-state index contributed by atoms with van der Waals surface area (Å²) in [4.78, 5) is 39.0. The number of hydrogen-bond donors (Lipinski definition) is 3. The van der Waals surface area contributed by atoms with Gasteiger partial charge in [-0.2, -0.15) is 0 Å². The zero-order chi connectivity index (χ0) is 18.0. The van der Waals surface area contributed by atoms with Crippen molar-refractivity contribution in [2.75, 3.05) is 5.32 Å². The van der Waals surface area contributed by atoms with Crippen LogP contribution in [0, 0.1) is 6.92 Å². The lowest BCUT2D eigenvalue weighted by Gasteiger charge is -2.13. The molecule has 25 heavy (non-hydrogen) atoms. The van der Waals surface area contributed by atoms with Crippen molar-refractivity contribution in [3.8, 4) is 5.75 Å². The minimum atomic E-state index is -1.07. The Kier molecular flexibility index (Phi) is 4.29. The number of H-pyrrole nitrogens is 1. The highest BCUT2D eigenvalue weighted by molar-refractivity contribution is 6.00. The maximum Gasteiger partial charge on any atom is 0.339 e. The molecule has 3 N–H and O–H groups in total. The van der Waals surface area contributed by atoms with Gasteiger partial charge in [-0.3, -0.25) is 4.79 Å². The van der Waals surface area contributed by atoms with Gasteiger partial charge in [0.05, 0.1) is 11.9 Å². The van der Waals surface area contributed by atoms with Gasteiger partial charge in [0, 0.05) is 0 Å². The summed E-state index contributed by atoms with van der Waals surface area (Å²) in [7, 11) is 0. The normalized spacial score (nSPS) is 11.9. The molecule has 0 aliphatic heterocycles. The van der Waals surface area contributed by atoms with E-state index in [2.05, 4.69) is 25.3 Å². The average molecular weight is 341 g/mol. The van der Waals surface area contributed by atoms with Crippen LogP contribution in [-0.2, 0) is 9.53 Å². The summed E-state index contributed by atoms with van der Waals surface area (Å²) in [6.45, 7) is 3.14. The minimum absolute atomic E-state index is 0.0193. The summed E-state index contributed by atoms with van der Waals surface area (Å²) < 4.78 is 5.13. The highest BCUT2D eigenvalue weighted by atomic mass is 16.5. The topological polar surface area (TPSA) is 130 Å². The molecule has 0 spiro atoms. The van der Waals surface area contributed by atoms with Crippen LogP contribution in [0.3, 0.4) is 0 Å². The molecule has 0 radical (unpaired) electrons. The number of nitrogens with zero attached hydrogens (tertiary/aromatic N) is 3. The number of fused-ring (bicyclic) bond motifs is 1. The summed E-state index contributed by atoms with van der Waals surface area (Å²) >= 11 is 0. The van der Waals surface area contributed by atoms with Gasteiger partial charge < -0.3 is 20.1 Å². The first-order chi connectivity index (χ1) is 12.0. The molecule has 3 aromatic rings. The highest BCUT2D eigenvalue weighted by Gasteiger charge is 2.21. The molecular formula is C16H15N5O4. The van der Waals surface area contributed by atoms with Crippen molar-refractivity contribution in [1.29, 1.82) is 0 Å². The SMILES string of the molecule is Cc1ccc(C(=O)O[C@H](C)C(=O)Nc2ncnc3nc[nH]c23)cc1O. The molecule has 9 nitrogen and oxygen atoms in total. The first-order valence-corrected chi connectivity index (χ1v) is 7.41. The first kappa shape index (κ1) is 16.4. The van der Waals surface area contributed by atoms with Crippen molar-refractivity contribution in [3.63, 3.8) is 0 Å². The lowest BCUT2D eigenvalue weighted by molar-refractivity contribution is -0.123. The van der Waals surface area contributed by atoms with Crippen LogP contribution < -0.4 is 5.32 Å². The molecule has 0 aliphatic rings. The molecule has 0 fully saturated rings. The van der Waals surface area contributed by atoms with Gasteiger partial charge >= 0.3 is 5.97 Å². The molecule has 0 unspecified atom stereocenters. The second-order valence-corrected chi connectivity index (χ2v) is 5.36. The monoisotopic (exact) mass is 341 g/mol. The van der Waals surface area contributed by atoms with E-state index in [4.69, 9.17) is 4.74 Å². The summed E-state index contributed by atoms with van der Waals surface area (Å²) in [5.41, 5.74) is 1.67. The Hall–Kier alpha value is -3.49. The number of phenolic OH excluding ortho intramolecular Hbond substituents is 1. The fraction of sp³-hybridized carbons (Fsp3) is 0.188. The van der Waals surface area contributed by atoms with Crippen molar-refractivity contribution in [1.82, 2.24) is 19.9 Å². The largest absolute Gasteiger partial charge is 0.508 e. The van der Waals surface area contributed by atoms with E-state index < -0.39 is 18.0 Å². The van der Waals surface area contributed by atoms with Crippen LogP contribution >= 0.6 is 0 Å². The Morgan fingerprint density at radius 2 is 2.08 bits per heavy atom. The Morgan fingerprint density at radius 3 is 2.84 bits per heavy atom. The van der Waals surface area contributed by atoms with E-state index in [1.54, 1.807) is 13.0 Å². The maximum absolute atomic E-state index is 12.2. The molecule has 3 rings (SSSR count). The smallest absolute Gasteiger partial charge is 0.339 e. The van der Waals surface area contributed by atoms with Crippen LogP contribution in [0.2, 0.25) is 0 Å². The highest BCUT2D eigenvalue weighted by Crippen LogP contribution is 2.19. The second kappa shape index (κ2) is 6.56. The second-order valence-electron chi connectivity index (χ2n) is 5.36. The standard InChI is InChI=1S/C16H15N5O4/c1-8-3-4-10(5-11(8)22)16(24)25-9(2)15(23)21-14-12-13(18-6-17-12)19-7-20-14/h3-7,9,22H,1-2H3,(H2,17,18,19,20,21,23)/t9-/m1/s1. The van der Waals surface area contributed by atoms with E-state index in [1.165, 1.54) is 31.7 Å². The number of aryl methyl sites for hydroxylation is 1. The van der Waals surface area contributed by atoms with Gasteiger partial charge in [-0.25, -0.2) is 19.7 Å². The molecule has 1 aromatic carbocycles. The average Bonchev–Trinajstić information content (AvgIpc) is 3.07. The predicted molar refractivity (Wildman–Crippen MR) is 88.0 cm³/mol. The minimum Gasteiger partial charge on any atom is -0.508 e. The number of carbonyl (C=O) groups excluding carboxylic acids is 2. The van der Waals surface area contributed by atoms with E-state index in [0.29, 0.717) is 16.7 Å². The van der Waals surface area contributed by atoms with Crippen molar-refractivity contribution in [3.05, 3.63) is 42.0 Å². The molecule has 0 aliphatic carbocycles. The zero-order valence-corrected chi connectivity index (χ0v) is 13.5. The van der Waals surface area contributed by atoms with Gasteiger partial charge in [-0.1, -0.05) is 6.07 Å². The number of imidazole rings is 1. The number of hydrogen-bond acceptors (Lipinski definition) is 7. The van der Waals surface area contributed by atoms with Crippen molar-refractivity contribution in [2.45, 2.75) is 20.0 Å². The van der Waals surface area contributed by atoms with Crippen molar-refractivity contribution in [2.24, 2.45) is 0 Å². The van der Waals surface area contributed by atoms with Crippen LogP contribution in [-0.4, -0.2) is 43.0 Å². The third-order valence-corrected chi connectivity index (χ3v) is 3.56. The number of esters is 1. The number of amides is 1. The van der Waals surface area contributed by atoms with Crippen LogP contribution in [0.1, 0.15) is 22.8 Å². The molecule has 1 amide bonds. The van der Waals surface area contributed by atoms with Crippen LogP contribution in [0.15, 0.2) is 30.9 Å². The van der Waals surface area contributed by atoms with E-state index in [9.17, 15) is 14.7 Å². The summed E-state index contributed by atoms with van der Waals surface area (Å²) in [5.74, 6) is -1.05. The summed E-state index contributed by atoms with van der Waals surface area (Å²) in [5, 5.41) is 12.2. The molecular weight excluding hydrogens is 326 g/mol. The number of aromatic nitrogens is 4. The van der Waals surface area contributed by atoms with Gasteiger partial charge in [0.25, 0.3) is 5.91 Å². The van der Waals surface area contributed by atoms with Crippen LogP contribution in [0.25, 0.3) is 11.2 Å². The molecule has 2 heterocycles. The number of aromatic hydroxyl groups is 1. The Labute approximate surface area is 142 Å². The van der Waals surface area contributed by atoms with E-state index >= 15 is 0 Å². The van der Waals surface area contributed by atoms with Gasteiger partial charge in [-0.15, -0.1) is 0 Å². The summed E-state index contributed by atoms with van der Waals surface area (Å²) in [6, 6.07) is 4.40. The number of ether oxygens (including phenoxy) is 1. The zero-order valence-electron chi connectivity index (χ0n) is 13.5. The van der Waals surface area contributed by atoms with Gasteiger partial charge in [-0.05, 0) is 31.5 Å². The molecule has 128 valence electrons. The molecule has 0 saturated heterocycles. The molecule has 1 atom stereocenters. The van der Waals surface area contributed by atoms with E-state index in [1.807, 2.05) is 0 Å². The van der Waals surface area contributed by atoms with E-state index in [-0.39, 0.29) is 17.1 Å². The number of carbonyl (C=O) groups is 2. The summed E-state index contributed by atoms with van der Waals surface area (Å²) in [6.07, 6.45) is 1.64.